The summed E-state index contributed by atoms with van der Waals surface area (Å²) in [6, 6.07) is 4.03. The van der Waals surface area contributed by atoms with Crippen LogP contribution in [0.3, 0.4) is 0 Å². The second-order valence-corrected chi connectivity index (χ2v) is 5.64. The van der Waals surface area contributed by atoms with E-state index in [1.807, 2.05) is 19.1 Å². The standard InChI is InChI=1S/C14H20N4OS/c1-3-17-6-7-19-11(8-17)9-18-13-12(16-14(18)20)5-4-10(2)15-13/h4-5,11H,3,6-9H2,1-2H3,(H,16,20). The molecule has 0 aromatic carbocycles. The Morgan fingerprint density at radius 3 is 3.15 bits per heavy atom. The van der Waals surface area contributed by atoms with Crippen molar-refractivity contribution < 1.29 is 4.74 Å². The molecular weight excluding hydrogens is 272 g/mol. The Bertz CT molecular complexity index is 663. The van der Waals surface area contributed by atoms with E-state index < -0.39 is 0 Å². The second kappa shape index (κ2) is 5.63. The third kappa shape index (κ3) is 2.63. The van der Waals surface area contributed by atoms with Gasteiger partial charge in [-0.3, -0.25) is 9.47 Å². The van der Waals surface area contributed by atoms with Crippen LogP contribution in [0, 0.1) is 11.7 Å². The first kappa shape index (κ1) is 13.7. The first-order chi connectivity index (χ1) is 9.67. The van der Waals surface area contributed by atoms with Gasteiger partial charge in [-0.15, -0.1) is 0 Å². The van der Waals surface area contributed by atoms with Crippen molar-refractivity contribution in [3.8, 4) is 0 Å². The number of H-pyrrole nitrogens is 1. The van der Waals surface area contributed by atoms with Gasteiger partial charge in [-0.2, -0.15) is 0 Å². The smallest absolute Gasteiger partial charge is 0.179 e. The highest BCUT2D eigenvalue weighted by Gasteiger charge is 2.21. The number of aryl methyl sites for hydroxylation is 1. The van der Waals surface area contributed by atoms with Gasteiger partial charge in [0, 0.05) is 18.8 Å². The Kier molecular flexibility index (Phi) is 3.87. The Labute approximate surface area is 123 Å². The molecule has 6 heteroatoms. The fourth-order valence-electron chi connectivity index (χ4n) is 2.68. The molecule has 1 saturated heterocycles. The van der Waals surface area contributed by atoms with E-state index in [0.29, 0.717) is 0 Å². The number of pyridine rings is 1. The van der Waals surface area contributed by atoms with E-state index in [4.69, 9.17) is 17.0 Å². The summed E-state index contributed by atoms with van der Waals surface area (Å²) in [5.41, 5.74) is 2.91. The predicted octanol–water partition coefficient (Wildman–Crippen LogP) is 2.12. The number of nitrogens with one attached hydrogen (secondary N) is 1. The molecule has 1 aliphatic heterocycles. The second-order valence-electron chi connectivity index (χ2n) is 5.25. The van der Waals surface area contributed by atoms with Crippen LogP contribution in [0.15, 0.2) is 12.1 Å². The van der Waals surface area contributed by atoms with Crippen LogP contribution in [0.4, 0.5) is 0 Å². The molecule has 0 spiro atoms. The average molecular weight is 292 g/mol. The van der Waals surface area contributed by atoms with Gasteiger partial charge in [0.2, 0.25) is 0 Å². The number of hydrogen-bond acceptors (Lipinski definition) is 4. The normalized spacial score (nSPS) is 20.6. The number of likely N-dealkylation sites (N-methyl/N-ethyl adjacent to an activating group) is 1. The molecule has 2 aromatic rings. The van der Waals surface area contributed by atoms with Crippen LogP contribution in [0.25, 0.3) is 11.2 Å². The monoisotopic (exact) mass is 292 g/mol. The molecule has 3 rings (SSSR count). The van der Waals surface area contributed by atoms with Crippen molar-refractivity contribution in [2.75, 3.05) is 26.2 Å². The Morgan fingerprint density at radius 2 is 2.35 bits per heavy atom. The summed E-state index contributed by atoms with van der Waals surface area (Å²) in [5.74, 6) is 0. The molecule has 3 heterocycles. The molecule has 2 aromatic heterocycles. The quantitative estimate of drug-likeness (QED) is 0.880. The largest absolute Gasteiger partial charge is 0.374 e. The van der Waals surface area contributed by atoms with E-state index in [1.54, 1.807) is 0 Å². The van der Waals surface area contributed by atoms with Crippen LogP contribution < -0.4 is 0 Å². The molecule has 1 unspecified atom stereocenters. The molecule has 20 heavy (non-hydrogen) atoms. The lowest BCUT2D eigenvalue weighted by Gasteiger charge is -2.32. The van der Waals surface area contributed by atoms with Gasteiger partial charge in [-0.1, -0.05) is 6.92 Å². The van der Waals surface area contributed by atoms with Crippen LogP contribution >= 0.6 is 12.2 Å². The molecule has 1 fully saturated rings. The number of nitrogens with zero attached hydrogens (tertiary/aromatic N) is 3. The Hall–Kier alpha value is -1.24. The first-order valence-corrected chi connectivity index (χ1v) is 7.48. The highest BCUT2D eigenvalue weighted by atomic mass is 32.1. The number of rotatable bonds is 3. The van der Waals surface area contributed by atoms with Gasteiger partial charge in [0.15, 0.2) is 10.4 Å². The zero-order valence-electron chi connectivity index (χ0n) is 11.9. The Morgan fingerprint density at radius 1 is 1.50 bits per heavy atom. The summed E-state index contributed by atoms with van der Waals surface area (Å²) < 4.78 is 8.64. The summed E-state index contributed by atoms with van der Waals surface area (Å²) in [4.78, 5) is 10.2. The third-order valence-corrected chi connectivity index (χ3v) is 4.14. The lowest BCUT2D eigenvalue weighted by atomic mass is 10.2. The Balaban J connectivity index is 1.88. The maximum absolute atomic E-state index is 5.87. The van der Waals surface area contributed by atoms with Crippen molar-refractivity contribution in [2.45, 2.75) is 26.5 Å². The predicted molar refractivity (Wildman–Crippen MR) is 81.5 cm³/mol. The maximum Gasteiger partial charge on any atom is 0.179 e. The van der Waals surface area contributed by atoms with Gasteiger partial charge >= 0.3 is 0 Å². The van der Waals surface area contributed by atoms with E-state index >= 15 is 0 Å². The summed E-state index contributed by atoms with van der Waals surface area (Å²) in [5, 5.41) is 0. The molecule has 5 nitrogen and oxygen atoms in total. The van der Waals surface area contributed by atoms with Gasteiger partial charge in [0.1, 0.15) is 0 Å². The van der Waals surface area contributed by atoms with Crippen molar-refractivity contribution in [3.63, 3.8) is 0 Å². The summed E-state index contributed by atoms with van der Waals surface area (Å²) >= 11 is 5.42. The highest BCUT2D eigenvalue weighted by Crippen LogP contribution is 2.15. The van der Waals surface area contributed by atoms with Gasteiger partial charge in [0.05, 0.1) is 24.8 Å². The molecule has 1 atom stereocenters. The molecule has 0 aliphatic carbocycles. The number of hydrogen-bond donors (Lipinski definition) is 1. The van der Waals surface area contributed by atoms with Crippen LogP contribution in [-0.2, 0) is 11.3 Å². The topological polar surface area (TPSA) is 46.1 Å². The van der Waals surface area contributed by atoms with Crippen molar-refractivity contribution in [1.29, 1.82) is 0 Å². The number of morpholine rings is 1. The molecular formula is C14H20N4OS. The minimum absolute atomic E-state index is 0.178. The molecule has 0 amide bonds. The third-order valence-electron chi connectivity index (χ3n) is 3.81. The summed E-state index contributed by atoms with van der Waals surface area (Å²) in [6.07, 6.45) is 0.178. The fourth-order valence-corrected chi connectivity index (χ4v) is 2.95. The lowest BCUT2D eigenvalue weighted by molar-refractivity contribution is -0.0340. The number of imidazole rings is 1. The maximum atomic E-state index is 5.87. The van der Waals surface area contributed by atoms with Gasteiger partial charge in [-0.25, -0.2) is 4.98 Å². The van der Waals surface area contributed by atoms with Crippen molar-refractivity contribution in [2.24, 2.45) is 0 Å². The van der Waals surface area contributed by atoms with Gasteiger partial charge in [-0.05, 0) is 37.8 Å². The molecule has 1 N–H and O–H groups in total. The van der Waals surface area contributed by atoms with Crippen molar-refractivity contribution in [3.05, 3.63) is 22.6 Å². The van der Waals surface area contributed by atoms with Gasteiger partial charge < -0.3 is 9.72 Å². The fraction of sp³-hybridized carbons (Fsp3) is 0.571. The van der Waals surface area contributed by atoms with E-state index in [0.717, 1.165) is 54.4 Å². The van der Waals surface area contributed by atoms with Crippen LogP contribution in [-0.4, -0.2) is 51.8 Å². The first-order valence-electron chi connectivity index (χ1n) is 7.07. The zero-order valence-corrected chi connectivity index (χ0v) is 12.7. The van der Waals surface area contributed by atoms with Crippen LogP contribution in [0.1, 0.15) is 12.6 Å². The molecule has 1 aliphatic rings. The van der Waals surface area contributed by atoms with Crippen molar-refractivity contribution in [1.82, 2.24) is 19.4 Å². The minimum Gasteiger partial charge on any atom is -0.374 e. The summed E-state index contributed by atoms with van der Waals surface area (Å²) in [7, 11) is 0. The molecule has 0 saturated carbocycles. The number of fused-ring (bicyclic) bond motifs is 1. The minimum atomic E-state index is 0.178. The van der Waals surface area contributed by atoms with E-state index in [2.05, 4.69) is 26.4 Å². The average Bonchev–Trinajstić information content (AvgIpc) is 2.75. The van der Waals surface area contributed by atoms with E-state index in [9.17, 15) is 0 Å². The van der Waals surface area contributed by atoms with Gasteiger partial charge in [0.25, 0.3) is 0 Å². The lowest BCUT2D eigenvalue weighted by Crippen LogP contribution is -2.44. The van der Waals surface area contributed by atoms with Crippen molar-refractivity contribution >= 4 is 23.4 Å². The number of aromatic nitrogens is 3. The van der Waals surface area contributed by atoms with E-state index in [1.165, 1.54) is 0 Å². The molecule has 0 bridgehead atoms. The van der Waals surface area contributed by atoms with Crippen LogP contribution in [0.5, 0.6) is 0 Å². The number of ether oxygens (including phenoxy) is 1. The zero-order chi connectivity index (χ0) is 14.1. The SMILES string of the molecule is CCN1CCOC(Cn2c(=S)[nH]c3ccc(C)nc32)C1. The summed E-state index contributed by atoms with van der Waals surface area (Å²) in [6.45, 7) is 8.77. The highest BCUT2D eigenvalue weighted by molar-refractivity contribution is 7.71. The molecule has 108 valence electrons. The molecule has 0 radical (unpaired) electrons. The van der Waals surface area contributed by atoms with E-state index in [-0.39, 0.29) is 6.10 Å². The van der Waals surface area contributed by atoms with Crippen LogP contribution in [0.2, 0.25) is 0 Å². The number of aromatic amines is 1.